The molecule has 6 heteroatoms. The van der Waals surface area contributed by atoms with Gasteiger partial charge < -0.3 is 9.84 Å². The lowest BCUT2D eigenvalue weighted by Gasteiger charge is -2.06. The molecule has 2 heterocycles. The average molecular weight is 351 g/mol. The van der Waals surface area contributed by atoms with Gasteiger partial charge in [0.15, 0.2) is 5.82 Å². The monoisotopic (exact) mass is 350 g/mol. The van der Waals surface area contributed by atoms with E-state index in [2.05, 4.69) is 20.4 Å². The normalized spacial score (nSPS) is 11.0. The summed E-state index contributed by atoms with van der Waals surface area (Å²) in [5, 5.41) is 8.14. The van der Waals surface area contributed by atoms with E-state index < -0.39 is 0 Å². The van der Waals surface area contributed by atoms with Gasteiger partial charge in [-0.3, -0.25) is 0 Å². The highest BCUT2D eigenvalue weighted by Crippen LogP contribution is 2.29. The molecule has 0 amide bonds. The Balaban J connectivity index is 1.67. The molecule has 0 spiro atoms. The van der Waals surface area contributed by atoms with E-state index in [0.29, 0.717) is 34.2 Å². The SMILES string of the molecule is Cc1ccc(-c2noc3c(NCc4ccccc4Cl)ncnc23)cc1. The number of aromatic nitrogens is 3. The van der Waals surface area contributed by atoms with Crippen LogP contribution in [0, 0.1) is 6.92 Å². The second-order valence-electron chi connectivity index (χ2n) is 5.74. The Morgan fingerprint density at radius 1 is 1.04 bits per heavy atom. The zero-order valence-electron chi connectivity index (χ0n) is 13.5. The topological polar surface area (TPSA) is 63.8 Å². The summed E-state index contributed by atoms with van der Waals surface area (Å²) in [4.78, 5) is 8.61. The summed E-state index contributed by atoms with van der Waals surface area (Å²) in [5.41, 5.74) is 5.05. The second kappa shape index (κ2) is 6.53. The van der Waals surface area contributed by atoms with Gasteiger partial charge in [0, 0.05) is 17.1 Å². The molecule has 0 atom stereocenters. The molecule has 2 aromatic heterocycles. The third kappa shape index (κ3) is 3.06. The number of benzene rings is 2. The van der Waals surface area contributed by atoms with E-state index in [9.17, 15) is 0 Å². The fraction of sp³-hybridized carbons (Fsp3) is 0.105. The zero-order chi connectivity index (χ0) is 17.2. The largest absolute Gasteiger partial charge is 0.363 e. The van der Waals surface area contributed by atoms with Gasteiger partial charge in [0.05, 0.1) is 0 Å². The van der Waals surface area contributed by atoms with E-state index >= 15 is 0 Å². The number of anilines is 1. The molecule has 4 rings (SSSR count). The molecule has 0 fully saturated rings. The van der Waals surface area contributed by atoms with Gasteiger partial charge in [-0.15, -0.1) is 0 Å². The molecule has 0 radical (unpaired) electrons. The van der Waals surface area contributed by atoms with Crippen LogP contribution in [0.2, 0.25) is 5.02 Å². The van der Waals surface area contributed by atoms with E-state index in [1.54, 1.807) is 0 Å². The predicted octanol–water partition coefficient (Wildman–Crippen LogP) is 4.86. The van der Waals surface area contributed by atoms with Gasteiger partial charge in [-0.2, -0.15) is 0 Å². The number of hydrogen-bond donors (Lipinski definition) is 1. The van der Waals surface area contributed by atoms with Gasteiger partial charge >= 0.3 is 0 Å². The Bertz CT molecular complexity index is 1030. The highest BCUT2D eigenvalue weighted by Gasteiger charge is 2.16. The zero-order valence-corrected chi connectivity index (χ0v) is 14.3. The van der Waals surface area contributed by atoms with Crippen LogP contribution >= 0.6 is 11.6 Å². The van der Waals surface area contributed by atoms with Crippen molar-refractivity contribution in [2.45, 2.75) is 13.5 Å². The van der Waals surface area contributed by atoms with Crippen LogP contribution in [0.4, 0.5) is 5.82 Å². The third-order valence-corrected chi connectivity index (χ3v) is 4.35. The Morgan fingerprint density at radius 3 is 2.64 bits per heavy atom. The van der Waals surface area contributed by atoms with Crippen molar-refractivity contribution in [2.24, 2.45) is 0 Å². The second-order valence-corrected chi connectivity index (χ2v) is 6.15. The minimum Gasteiger partial charge on any atom is -0.363 e. The van der Waals surface area contributed by atoms with Crippen molar-refractivity contribution < 1.29 is 4.52 Å². The molecule has 2 aromatic carbocycles. The van der Waals surface area contributed by atoms with E-state index in [0.717, 1.165) is 11.1 Å². The molecule has 0 aliphatic carbocycles. The molecule has 4 aromatic rings. The lowest BCUT2D eigenvalue weighted by atomic mass is 10.1. The summed E-state index contributed by atoms with van der Waals surface area (Å²) in [6, 6.07) is 15.8. The fourth-order valence-corrected chi connectivity index (χ4v) is 2.81. The third-order valence-electron chi connectivity index (χ3n) is 3.99. The van der Waals surface area contributed by atoms with Gasteiger partial charge in [-0.05, 0) is 18.6 Å². The fourth-order valence-electron chi connectivity index (χ4n) is 2.61. The highest BCUT2D eigenvalue weighted by molar-refractivity contribution is 6.31. The minimum absolute atomic E-state index is 0.533. The smallest absolute Gasteiger partial charge is 0.228 e. The number of hydrogen-bond acceptors (Lipinski definition) is 5. The molecule has 0 aliphatic rings. The number of rotatable bonds is 4. The van der Waals surface area contributed by atoms with Crippen LogP contribution in [0.3, 0.4) is 0 Å². The van der Waals surface area contributed by atoms with Crippen molar-refractivity contribution in [2.75, 3.05) is 5.32 Å². The Hall–Kier alpha value is -2.92. The molecule has 0 saturated heterocycles. The summed E-state index contributed by atoms with van der Waals surface area (Å²) < 4.78 is 5.51. The van der Waals surface area contributed by atoms with Crippen LogP contribution in [0.5, 0.6) is 0 Å². The Kier molecular flexibility index (Phi) is 4.07. The lowest BCUT2D eigenvalue weighted by Crippen LogP contribution is -2.02. The molecular formula is C19H15ClN4O. The maximum Gasteiger partial charge on any atom is 0.228 e. The van der Waals surface area contributed by atoms with Crippen molar-refractivity contribution in [3.63, 3.8) is 0 Å². The predicted molar refractivity (Wildman–Crippen MR) is 98.6 cm³/mol. The van der Waals surface area contributed by atoms with E-state index in [1.807, 2.05) is 55.5 Å². The van der Waals surface area contributed by atoms with E-state index in [1.165, 1.54) is 11.9 Å². The number of nitrogens with one attached hydrogen (secondary N) is 1. The van der Waals surface area contributed by atoms with Gasteiger partial charge in [0.2, 0.25) is 5.58 Å². The van der Waals surface area contributed by atoms with Gasteiger partial charge in [-0.1, -0.05) is 64.8 Å². The highest BCUT2D eigenvalue weighted by atomic mass is 35.5. The first-order valence-corrected chi connectivity index (χ1v) is 8.25. The number of aryl methyl sites for hydroxylation is 1. The van der Waals surface area contributed by atoms with Crippen molar-refractivity contribution in [1.29, 1.82) is 0 Å². The van der Waals surface area contributed by atoms with E-state index in [-0.39, 0.29) is 0 Å². The first-order chi connectivity index (χ1) is 12.2. The molecule has 1 N–H and O–H groups in total. The maximum absolute atomic E-state index is 6.20. The van der Waals surface area contributed by atoms with E-state index in [4.69, 9.17) is 16.1 Å². The molecule has 0 saturated carbocycles. The van der Waals surface area contributed by atoms with Crippen LogP contribution in [-0.2, 0) is 6.54 Å². The van der Waals surface area contributed by atoms with Crippen LogP contribution in [0.1, 0.15) is 11.1 Å². The van der Waals surface area contributed by atoms with Crippen LogP contribution in [-0.4, -0.2) is 15.1 Å². The maximum atomic E-state index is 6.20. The van der Waals surface area contributed by atoms with Crippen LogP contribution in [0.15, 0.2) is 59.4 Å². The number of nitrogens with zero attached hydrogens (tertiary/aromatic N) is 3. The molecule has 124 valence electrons. The summed E-state index contributed by atoms with van der Waals surface area (Å²) in [6.07, 6.45) is 1.51. The molecule has 5 nitrogen and oxygen atoms in total. The van der Waals surface area contributed by atoms with Crippen molar-refractivity contribution in [1.82, 2.24) is 15.1 Å². The summed E-state index contributed by atoms with van der Waals surface area (Å²) in [7, 11) is 0. The van der Waals surface area contributed by atoms with Gasteiger partial charge in [-0.25, -0.2) is 9.97 Å². The van der Waals surface area contributed by atoms with Gasteiger partial charge in [0.25, 0.3) is 0 Å². The Labute approximate surface area is 149 Å². The molecule has 25 heavy (non-hydrogen) atoms. The number of halogens is 1. The number of fused-ring (bicyclic) bond motifs is 1. The lowest BCUT2D eigenvalue weighted by molar-refractivity contribution is 0.459. The van der Waals surface area contributed by atoms with Crippen molar-refractivity contribution in [3.8, 4) is 11.3 Å². The molecule has 0 bridgehead atoms. The molecular weight excluding hydrogens is 336 g/mol. The molecule has 0 unspecified atom stereocenters. The van der Waals surface area contributed by atoms with Crippen LogP contribution < -0.4 is 5.32 Å². The Morgan fingerprint density at radius 2 is 1.84 bits per heavy atom. The average Bonchev–Trinajstić information content (AvgIpc) is 3.06. The standard InChI is InChI=1S/C19H15ClN4O/c1-12-6-8-13(9-7-12)16-17-18(25-24-16)19(23-11-22-17)21-10-14-4-2-3-5-15(14)20/h2-9,11H,10H2,1H3,(H,21,22,23). The quantitative estimate of drug-likeness (QED) is 0.569. The van der Waals surface area contributed by atoms with Crippen molar-refractivity contribution in [3.05, 3.63) is 71.0 Å². The summed E-state index contributed by atoms with van der Waals surface area (Å²) in [5.74, 6) is 0.593. The van der Waals surface area contributed by atoms with Crippen molar-refractivity contribution >= 4 is 28.5 Å². The summed E-state index contributed by atoms with van der Waals surface area (Å²) in [6.45, 7) is 2.58. The summed E-state index contributed by atoms with van der Waals surface area (Å²) >= 11 is 6.20. The minimum atomic E-state index is 0.533. The first-order valence-electron chi connectivity index (χ1n) is 7.87. The van der Waals surface area contributed by atoms with Gasteiger partial charge in [0.1, 0.15) is 17.5 Å². The molecule has 0 aliphatic heterocycles. The first kappa shape index (κ1) is 15.6. The van der Waals surface area contributed by atoms with Crippen LogP contribution in [0.25, 0.3) is 22.4 Å².